The van der Waals surface area contributed by atoms with E-state index >= 15 is 0 Å². The van der Waals surface area contributed by atoms with E-state index in [0.717, 1.165) is 10.3 Å². The van der Waals surface area contributed by atoms with Crippen molar-refractivity contribution in [3.05, 3.63) is 40.6 Å². The van der Waals surface area contributed by atoms with Crippen LogP contribution in [0.5, 0.6) is 0 Å². The fourth-order valence-corrected chi connectivity index (χ4v) is 2.05. The number of nitro benzene ring substituents is 1. The van der Waals surface area contributed by atoms with Crippen LogP contribution in [0.4, 0.5) is 5.69 Å². The number of aromatic nitrogens is 1. The molecule has 2 aromatic rings. The molecule has 0 aliphatic rings. The van der Waals surface area contributed by atoms with Crippen molar-refractivity contribution < 1.29 is 4.92 Å². The molecule has 4 nitrogen and oxygen atoms in total. The highest BCUT2D eigenvalue weighted by molar-refractivity contribution is 7.98. The van der Waals surface area contributed by atoms with Crippen LogP contribution in [0.25, 0.3) is 10.9 Å². The zero-order chi connectivity index (χ0) is 10.8. The number of nitrogens with zero attached hydrogens (tertiary/aromatic N) is 2. The summed E-state index contributed by atoms with van der Waals surface area (Å²) in [6.07, 6.45) is 3.51. The number of hydrogen-bond acceptors (Lipinski definition) is 4. The molecule has 0 spiro atoms. The molecule has 0 saturated heterocycles. The average molecular weight is 220 g/mol. The smallest absolute Gasteiger partial charge is 0.258 e. The van der Waals surface area contributed by atoms with E-state index in [0.29, 0.717) is 5.52 Å². The molecule has 1 aromatic heterocycles. The van der Waals surface area contributed by atoms with Crippen LogP contribution in [0.1, 0.15) is 0 Å². The lowest BCUT2D eigenvalue weighted by molar-refractivity contribution is -0.383. The van der Waals surface area contributed by atoms with Crippen molar-refractivity contribution in [1.82, 2.24) is 4.98 Å². The topological polar surface area (TPSA) is 56.0 Å². The molecule has 0 aliphatic carbocycles. The summed E-state index contributed by atoms with van der Waals surface area (Å²) < 4.78 is 0. The number of fused-ring (bicyclic) bond motifs is 1. The van der Waals surface area contributed by atoms with Gasteiger partial charge in [-0.1, -0.05) is 0 Å². The molecule has 2 rings (SSSR count). The molecule has 1 heterocycles. The fourth-order valence-electron chi connectivity index (χ4n) is 1.46. The van der Waals surface area contributed by atoms with Crippen LogP contribution in [-0.2, 0) is 0 Å². The summed E-state index contributed by atoms with van der Waals surface area (Å²) in [7, 11) is 0. The zero-order valence-corrected chi connectivity index (χ0v) is 8.82. The van der Waals surface area contributed by atoms with Crippen LogP contribution in [-0.4, -0.2) is 16.2 Å². The van der Waals surface area contributed by atoms with E-state index in [1.807, 2.05) is 12.3 Å². The number of rotatable bonds is 2. The minimum atomic E-state index is -0.403. The van der Waals surface area contributed by atoms with E-state index in [1.165, 1.54) is 6.07 Å². The molecule has 0 unspecified atom stereocenters. The first-order valence-electron chi connectivity index (χ1n) is 4.30. The Morgan fingerprint density at radius 2 is 2.20 bits per heavy atom. The molecule has 0 radical (unpaired) electrons. The number of thioether (sulfide) groups is 1. The minimum absolute atomic E-state index is 0.0587. The first-order chi connectivity index (χ1) is 7.24. The Morgan fingerprint density at radius 1 is 1.40 bits per heavy atom. The quantitative estimate of drug-likeness (QED) is 0.443. The van der Waals surface area contributed by atoms with Crippen molar-refractivity contribution in [2.24, 2.45) is 0 Å². The zero-order valence-electron chi connectivity index (χ0n) is 8.01. The van der Waals surface area contributed by atoms with Gasteiger partial charge in [0.1, 0.15) is 5.52 Å². The van der Waals surface area contributed by atoms with Gasteiger partial charge in [0.05, 0.1) is 4.92 Å². The Labute approximate surface area is 90.5 Å². The summed E-state index contributed by atoms with van der Waals surface area (Å²) >= 11 is 1.56. The molecule has 0 saturated carbocycles. The second-order valence-electron chi connectivity index (χ2n) is 2.94. The van der Waals surface area contributed by atoms with Crippen LogP contribution in [0.15, 0.2) is 35.4 Å². The Morgan fingerprint density at radius 3 is 2.87 bits per heavy atom. The highest BCUT2D eigenvalue weighted by Crippen LogP contribution is 2.30. The van der Waals surface area contributed by atoms with Crippen LogP contribution in [0, 0.1) is 10.1 Å². The summed E-state index contributed by atoms with van der Waals surface area (Å²) in [6, 6.07) is 6.89. The van der Waals surface area contributed by atoms with E-state index in [4.69, 9.17) is 0 Å². The average Bonchev–Trinajstić information content (AvgIpc) is 2.27. The molecule has 5 heteroatoms. The van der Waals surface area contributed by atoms with Crippen molar-refractivity contribution >= 4 is 28.4 Å². The molecule has 0 bridgehead atoms. The summed E-state index contributed by atoms with van der Waals surface area (Å²) in [4.78, 5) is 15.4. The van der Waals surface area contributed by atoms with Crippen molar-refractivity contribution in [2.45, 2.75) is 4.90 Å². The number of nitro groups is 1. The molecule has 76 valence electrons. The van der Waals surface area contributed by atoms with Gasteiger partial charge in [-0.3, -0.25) is 10.1 Å². The second-order valence-corrected chi connectivity index (χ2v) is 3.79. The third kappa shape index (κ3) is 1.66. The third-order valence-electron chi connectivity index (χ3n) is 2.12. The van der Waals surface area contributed by atoms with Gasteiger partial charge < -0.3 is 0 Å². The molecule has 0 atom stereocenters. The van der Waals surface area contributed by atoms with Gasteiger partial charge in [-0.25, -0.2) is 4.98 Å². The summed E-state index contributed by atoms with van der Waals surface area (Å²) in [5.41, 5.74) is 0.512. The van der Waals surface area contributed by atoms with Crippen molar-refractivity contribution in [3.8, 4) is 0 Å². The highest BCUT2D eigenvalue weighted by Gasteiger charge is 2.14. The lowest BCUT2D eigenvalue weighted by Crippen LogP contribution is -1.92. The van der Waals surface area contributed by atoms with Crippen LogP contribution in [0.2, 0.25) is 0 Å². The number of benzene rings is 1. The van der Waals surface area contributed by atoms with Gasteiger partial charge >= 0.3 is 0 Å². The van der Waals surface area contributed by atoms with E-state index in [-0.39, 0.29) is 5.69 Å². The summed E-state index contributed by atoms with van der Waals surface area (Å²) in [6.45, 7) is 0. The first kappa shape index (κ1) is 9.92. The van der Waals surface area contributed by atoms with Crippen molar-refractivity contribution in [2.75, 3.05) is 6.26 Å². The van der Waals surface area contributed by atoms with E-state index in [9.17, 15) is 10.1 Å². The van der Waals surface area contributed by atoms with E-state index < -0.39 is 4.92 Å². The van der Waals surface area contributed by atoms with Gasteiger partial charge in [0.2, 0.25) is 0 Å². The SMILES string of the molecule is CSc1ccc([N+](=O)[O-])c2ncccc12. The highest BCUT2D eigenvalue weighted by atomic mass is 32.2. The van der Waals surface area contributed by atoms with Crippen LogP contribution >= 0.6 is 11.8 Å². The molecule has 1 aromatic carbocycles. The predicted octanol–water partition coefficient (Wildman–Crippen LogP) is 2.86. The third-order valence-corrected chi connectivity index (χ3v) is 2.92. The first-order valence-corrected chi connectivity index (χ1v) is 5.52. The molecular weight excluding hydrogens is 212 g/mol. The monoisotopic (exact) mass is 220 g/mol. The molecule has 0 amide bonds. The van der Waals surface area contributed by atoms with Gasteiger partial charge in [0.25, 0.3) is 5.69 Å². The Balaban J connectivity index is 2.83. The molecule has 15 heavy (non-hydrogen) atoms. The predicted molar refractivity (Wildman–Crippen MR) is 60.2 cm³/mol. The molecular formula is C10H8N2O2S. The van der Waals surface area contributed by atoms with Crippen LogP contribution in [0.3, 0.4) is 0 Å². The van der Waals surface area contributed by atoms with Gasteiger partial charge in [0.15, 0.2) is 0 Å². The van der Waals surface area contributed by atoms with E-state index in [2.05, 4.69) is 4.98 Å². The Kier molecular flexibility index (Phi) is 2.55. The Bertz CT molecular complexity index is 528. The maximum absolute atomic E-state index is 10.8. The second kappa shape index (κ2) is 3.86. The maximum Gasteiger partial charge on any atom is 0.295 e. The minimum Gasteiger partial charge on any atom is -0.258 e. The van der Waals surface area contributed by atoms with Gasteiger partial charge in [-0.05, 0) is 24.5 Å². The van der Waals surface area contributed by atoms with Gasteiger partial charge in [-0.15, -0.1) is 11.8 Å². The largest absolute Gasteiger partial charge is 0.295 e. The van der Waals surface area contributed by atoms with Gasteiger partial charge in [-0.2, -0.15) is 0 Å². The summed E-state index contributed by atoms with van der Waals surface area (Å²) in [5, 5.41) is 11.6. The number of pyridine rings is 1. The lowest BCUT2D eigenvalue weighted by Gasteiger charge is -2.02. The van der Waals surface area contributed by atoms with Crippen molar-refractivity contribution in [1.29, 1.82) is 0 Å². The number of hydrogen-bond donors (Lipinski definition) is 0. The summed E-state index contributed by atoms with van der Waals surface area (Å²) in [5.74, 6) is 0. The van der Waals surface area contributed by atoms with Crippen molar-refractivity contribution in [3.63, 3.8) is 0 Å². The maximum atomic E-state index is 10.8. The van der Waals surface area contributed by atoms with Crippen LogP contribution < -0.4 is 0 Å². The Hall–Kier alpha value is -1.62. The normalized spacial score (nSPS) is 10.5. The molecule has 0 N–H and O–H groups in total. The van der Waals surface area contributed by atoms with Gasteiger partial charge in [0, 0.05) is 22.5 Å². The lowest BCUT2D eigenvalue weighted by atomic mass is 10.2. The van der Waals surface area contributed by atoms with E-state index in [1.54, 1.807) is 30.1 Å². The fraction of sp³-hybridized carbons (Fsp3) is 0.100. The molecule has 0 fully saturated rings. The standard InChI is InChI=1S/C10H8N2O2S/c1-15-9-5-4-8(12(13)14)10-7(9)3-2-6-11-10/h2-6H,1H3. The number of non-ortho nitro benzene ring substituents is 1. The molecule has 0 aliphatic heterocycles.